The van der Waals surface area contributed by atoms with Crippen molar-refractivity contribution in [2.45, 2.75) is 30.7 Å². The molecule has 0 bridgehead atoms. The highest BCUT2D eigenvalue weighted by Crippen LogP contribution is 2.47. The van der Waals surface area contributed by atoms with Crippen molar-refractivity contribution in [2.75, 3.05) is 16.8 Å². The molecular formula is C14H15Cl2N3O2S. The Hall–Kier alpha value is -1.11. The molecule has 2 heterocycles. The van der Waals surface area contributed by atoms with Crippen LogP contribution in [0.25, 0.3) is 0 Å². The zero-order valence-electron chi connectivity index (χ0n) is 11.9. The molecule has 0 saturated carbocycles. The summed E-state index contributed by atoms with van der Waals surface area (Å²) < 4.78 is 0. The fraction of sp³-hybridized carbons (Fsp3) is 0.429. The van der Waals surface area contributed by atoms with Crippen molar-refractivity contribution in [3.05, 3.63) is 22.2 Å². The molecule has 118 valence electrons. The molecule has 22 heavy (non-hydrogen) atoms. The minimum absolute atomic E-state index is 0.0287. The van der Waals surface area contributed by atoms with E-state index in [1.54, 1.807) is 28.8 Å². The number of rotatable bonds is 2. The number of carbonyl (C=O) groups is 2. The van der Waals surface area contributed by atoms with Gasteiger partial charge in [0, 0.05) is 17.9 Å². The molecule has 1 aromatic carbocycles. The van der Waals surface area contributed by atoms with Gasteiger partial charge in [0.2, 0.25) is 11.8 Å². The third kappa shape index (κ3) is 2.53. The van der Waals surface area contributed by atoms with Crippen LogP contribution in [0, 0.1) is 0 Å². The van der Waals surface area contributed by atoms with E-state index in [1.165, 1.54) is 0 Å². The molecule has 1 aromatic rings. The first kappa shape index (κ1) is 15.8. The van der Waals surface area contributed by atoms with E-state index in [0.717, 1.165) is 6.42 Å². The Morgan fingerprint density at radius 2 is 2.09 bits per heavy atom. The second-order valence-corrected chi connectivity index (χ2v) is 7.92. The molecule has 2 aliphatic heterocycles. The first-order chi connectivity index (χ1) is 10.3. The van der Waals surface area contributed by atoms with Crippen LogP contribution in [0.15, 0.2) is 12.1 Å². The zero-order chi connectivity index (χ0) is 16.1. The van der Waals surface area contributed by atoms with Gasteiger partial charge in [-0.25, -0.2) is 0 Å². The van der Waals surface area contributed by atoms with Crippen molar-refractivity contribution in [1.82, 2.24) is 4.90 Å². The number of amides is 2. The average molecular weight is 360 g/mol. The lowest BCUT2D eigenvalue weighted by Gasteiger charge is -2.29. The highest BCUT2D eigenvalue weighted by Gasteiger charge is 2.52. The van der Waals surface area contributed by atoms with Gasteiger partial charge in [-0.3, -0.25) is 9.59 Å². The fourth-order valence-electron chi connectivity index (χ4n) is 2.90. The second kappa shape index (κ2) is 5.51. The number of anilines is 2. The van der Waals surface area contributed by atoms with Crippen molar-refractivity contribution < 1.29 is 9.59 Å². The third-order valence-corrected chi connectivity index (χ3v) is 6.22. The van der Waals surface area contributed by atoms with Crippen molar-refractivity contribution in [3.63, 3.8) is 0 Å². The maximum absolute atomic E-state index is 12.5. The lowest BCUT2D eigenvalue weighted by Crippen LogP contribution is -2.48. The van der Waals surface area contributed by atoms with E-state index in [1.807, 2.05) is 6.92 Å². The Labute approximate surface area is 142 Å². The number of thioether (sulfide) groups is 1. The minimum atomic E-state index is -0.472. The summed E-state index contributed by atoms with van der Waals surface area (Å²) in [6.07, 6.45) is 1.27. The number of fused-ring (bicyclic) bond motifs is 1. The molecule has 2 aliphatic rings. The smallest absolute Gasteiger partial charge is 0.248 e. The van der Waals surface area contributed by atoms with E-state index >= 15 is 0 Å². The van der Waals surface area contributed by atoms with Gasteiger partial charge in [-0.05, 0) is 25.5 Å². The van der Waals surface area contributed by atoms with Crippen LogP contribution in [-0.2, 0) is 9.59 Å². The molecule has 3 N–H and O–H groups in total. The van der Waals surface area contributed by atoms with Crippen molar-refractivity contribution in [3.8, 4) is 0 Å². The zero-order valence-corrected chi connectivity index (χ0v) is 14.2. The van der Waals surface area contributed by atoms with Crippen molar-refractivity contribution in [2.24, 2.45) is 0 Å². The minimum Gasteiger partial charge on any atom is -0.396 e. The Kier molecular flexibility index (Phi) is 3.95. The third-order valence-electron chi connectivity index (χ3n) is 4.09. The molecule has 2 atom stereocenters. The Bertz CT molecular complexity index is 646. The van der Waals surface area contributed by atoms with Gasteiger partial charge >= 0.3 is 0 Å². The summed E-state index contributed by atoms with van der Waals surface area (Å²) in [6.45, 7) is 2.01. The summed E-state index contributed by atoms with van der Waals surface area (Å²) >= 11 is 13.6. The number of nitrogens with one attached hydrogen (secondary N) is 1. The number of nitrogens with zero attached hydrogens (tertiary/aromatic N) is 1. The molecule has 0 aliphatic carbocycles. The predicted octanol–water partition coefficient (Wildman–Crippen LogP) is 2.97. The molecule has 5 nitrogen and oxygen atoms in total. The number of carbonyl (C=O) groups excluding carboxylic acids is 2. The second-order valence-electron chi connectivity index (χ2n) is 5.61. The van der Waals surface area contributed by atoms with Gasteiger partial charge in [0.05, 0.1) is 20.6 Å². The van der Waals surface area contributed by atoms with E-state index in [-0.39, 0.29) is 32.4 Å². The van der Waals surface area contributed by atoms with Gasteiger partial charge in [0.1, 0.15) is 6.04 Å². The predicted molar refractivity (Wildman–Crippen MR) is 90.2 cm³/mol. The Balaban J connectivity index is 1.79. The number of benzene rings is 1. The standard InChI is InChI=1S/C14H15Cl2N3O2S/c1-14-3-2-11(20)19(14)10(6-22-14)13(21)18-7-4-8(15)12(17)9(16)5-7/h4-5,10H,2-3,6,17H2,1H3,(H,18,21)/t10-,14+/m1/s1. The van der Waals surface area contributed by atoms with Crippen LogP contribution in [-0.4, -0.2) is 33.4 Å². The summed E-state index contributed by atoms with van der Waals surface area (Å²) in [5, 5.41) is 3.34. The van der Waals surface area contributed by atoms with E-state index in [2.05, 4.69) is 5.32 Å². The number of hydrogen-bond donors (Lipinski definition) is 2. The quantitative estimate of drug-likeness (QED) is 0.795. The molecule has 8 heteroatoms. The van der Waals surface area contributed by atoms with E-state index in [9.17, 15) is 9.59 Å². The first-order valence-electron chi connectivity index (χ1n) is 6.83. The summed E-state index contributed by atoms with van der Waals surface area (Å²) in [5.41, 5.74) is 6.43. The summed E-state index contributed by atoms with van der Waals surface area (Å²) in [4.78, 5) is 26.0. The van der Waals surface area contributed by atoms with Gasteiger partial charge in [0.25, 0.3) is 0 Å². The van der Waals surface area contributed by atoms with E-state index < -0.39 is 6.04 Å². The van der Waals surface area contributed by atoms with E-state index in [0.29, 0.717) is 17.9 Å². The van der Waals surface area contributed by atoms with Gasteiger partial charge in [-0.1, -0.05) is 23.2 Å². The van der Waals surface area contributed by atoms with Gasteiger partial charge < -0.3 is 16.0 Å². The van der Waals surface area contributed by atoms with Gasteiger partial charge in [-0.15, -0.1) is 11.8 Å². The van der Waals surface area contributed by atoms with Crippen LogP contribution in [0.3, 0.4) is 0 Å². The topological polar surface area (TPSA) is 75.4 Å². The Morgan fingerprint density at radius 3 is 2.73 bits per heavy atom. The number of halogens is 2. The summed E-state index contributed by atoms with van der Waals surface area (Å²) in [7, 11) is 0. The Morgan fingerprint density at radius 1 is 1.45 bits per heavy atom. The van der Waals surface area contributed by atoms with Gasteiger partial charge in [-0.2, -0.15) is 0 Å². The van der Waals surface area contributed by atoms with Gasteiger partial charge in [0.15, 0.2) is 0 Å². The van der Waals surface area contributed by atoms with E-state index in [4.69, 9.17) is 28.9 Å². The maximum atomic E-state index is 12.5. The van der Waals surface area contributed by atoms with Crippen LogP contribution >= 0.6 is 35.0 Å². The number of nitrogens with two attached hydrogens (primary N) is 1. The molecule has 2 amide bonds. The molecular weight excluding hydrogens is 345 g/mol. The SMILES string of the molecule is C[C@]12CCC(=O)N1[C@@H](C(=O)Nc1cc(Cl)c(N)c(Cl)c1)CS2. The first-order valence-corrected chi connectivity index (χ1v) is 8.57. The lowest BCUT2D eigenvalue weighted by molar-refractivity contribution is -0.135. The highest BCUT2D eigenvalue weighted by molar-refractivity contribution is 8.01. The van der Waals surface area contributed by atoms with Crippen LogP contribution in [0.1, 0.15) is 19.8 Å². The highest BCUT2D eigenvalue weighted by atomic mass is 35.5. The van der Waals surface area contributed by atoms with Crippen LogP contribution < -0.4 is 11.1 Å². The van der Waals surface area contributed by atoms with Crippen LogP contribution in [0.5, 0.6) is 0 Å². The molecule has 2 saturated heterocycles. The molecule has 3 rings (SSSR count). The summed E-state index contributed by atoms with van der Waals surface area (Å²) in [6, 6.07) is 2.63. The van der Waals surface area contributed by atoms with Crippen LogP contribution in [0.4, 0.5) is 11.4 Å². The van der Waals surface area contributed by atoms with Crippen molar-refractivity contribution >= 4 is 58.2 Å². The monoisotopic (exact) mass is 359 g/mol. The lowest BCUT2D eigenvalue weighted by atomic mass is 10.2. The number of nitrogen functional groups attached to an aromatic ring is 1. The molecule has 2 fully saturated rings. The van der Waals surface area contributed by atoms with Crippen molar-refractivity contribution in [1.29, 1.82) is 0 Å². The molecule has 0 radical (unpaired) electrons. The average Bonchev–Trinajstić information content (AvgIpc) is 2.93. The maximum Gasteiger partial charge on any atom is 0.248 e. The molecule has 0 aromatic heterocycles. The molecule has 0 spiro atoms. The fourth-order valence-corrected chi connectivity index (χ4v) is 4.82. The normalized spacial score (nSPS) is 27.1. The largest absolute Gasteiger partial charge is 0.396 e. The van der Waals surface area contributed by atoms with Crippen LogP contribution in [0.2, 0.25) is 10.0 Å². The summed E-state index contributed by atoms with van der Waals surface area (Å²) in [5.74, 6) is 0.384. The molecule has 0 unspecified atom stereocenters. The number of hydrogen-bond acceptors (Lipinski definition) is 4.